The number of carbonyl (C=O) groups is 1. The third kappa shape index (κ3) is 6.29. The number of halogens is 1. The zero-order chi connectivity index (χ0) is 15.8. The van der Waals surface area contributed by atoms with Gasteiger partial charge in [0.1, 0.15) is 12.4 Å². The Labute approximate surface area is 147 Å². The summed E-state index contributed by atoms with van der Waals surface area (Å²) in [5.74, 6) is 1.58. The summed E-state index contributed by atoms with van der Waals surface area (Å²) in [6.07, 6.45) is 2.69. The molecule has 0 aromatic heterocycles. The average Bonchev–Trinajstić information content (AvgIpc) is 2.56. The molecule has 0 heterocycles. The molecular formula is C17H23ClN2O2S. The van der Waals surface area contributed by atoms with Crippen molar-refractivity contribution in [2.45, 2.75) is 12.5 Å². The van der Waals surface area contributed by atoms with Crippen LogP contribution in [0.4, 0.5) is 0 Å². The van der Waals surface area contributed by atoms with Crippen LogP contribution in [-0.2, 0) is 4.79 Å². The molecule has 0 aliphatic rings. The summed E-state index contributed by atoms with van der Waals surface area (Å²) in [7, 11) is 0. The second kappa shape index (κ2) is 10.4. The molecule has 1 amide bonds. The van der Waals surface area contributed by atoms with Gasteiger partial charge in [-0.1, -0.05) is 30.3 Å². The Bertz CT molecular complexity index is 624. The van der Waals surface area contributed by atoms with Crippen LogP contribution in [0.3, 0.4) is 0 Å². The summed E-state index contributed by atoms with van der Waals surface area (Å²) < 4.78 is 5.67. The van der Waals surface area contributed by atoms with Gasteiger partial charge in [-0.05, 0) is 41.3 Å². The van der Waals surface area contributed by atoms with Crippen LogP contribution in [0.5, 0.6) is 5.75 Å². The molecule has 0 radical (unpaired) electrons. The van der Waals surface area contributed by atoms with Crippen LogP contribution in [0, 0.1) is 0 Å². The van der Waals surface area contributed by atoms with E-state index in [-0.39, 0.29) is 18.3 Å². The minimum atomic E-state index is -0.437. The van der Waals surface area contributed by atoms with Crippen LogP contribution in [0.25, 0.3) is 10.8 Å². The zero-order valence-corrected chi connectivity index (χ0v) is 14.8. The lowest BCUT2D eigenvalue weighted by atomic mass is 10.1. The van der Waals surface area contributed by atoms with E-state index in [1.165, 1.54) is 5.39 Å². The molecule has 126 valence electrons. The molecule has 0 saturated carbocycles. The first-order valence-corrected chi connectivity index (χ1v) is 8.74. The quantitative estimate of drug-likeness (QED) is 0.715. The van der Waals surface area contributed by atoms with Gasteiger partial charge in [-0.25, -0.2) is 0 Å². The average molecular weight is 355 g/mol. The maximum atomic E-state index is 11.7. The number of hydrogen-bond acceptors (Lipinski definition) is 4. The topological polar surface area (TPSA) is 64.4 Å². The van der Waals surface area contributed by atoms with Crippen molar-refractivity contribution < 1.29 is 9.53 Å². The number of nitrogens with one attached hydrogen (secondary N) is 1. The van der Waals surface area contributed by atoms with Crippen molar-refractivity contribution >= 4 is 40.8 Å². The summed E-state index contributed by atoms with van der Waals surface area (Å²) >= 11 is 1.69. The third-order valence-electron chi connectivity index (χ3n) is 3.36. The minimum Gasteiger partial charge on any atom is -0.492 e. The van der Waals surface area contributed by atoms with Crippen LogP contribution in [0.2, 0.25) is 0 Å². The van der Waals surface area contributed by atoms with Crippen molar-refractivity contribution in [1.82, 2.24) is 5.32 Å². The predicted molar refractivity (Wildman–Crippen MR) is 101 cm³/mol. The smallest absolute Gasteiger partial charge is 0.237 e. The van der Waals surface area contributed by atoms with E-state index >= 15 is 0 Å². The number of hydrogen-bond donors (Lipinski definition) is 2. The fourth-order valence-corrected chi connectivity index (χ4v) is 2.60. The van der Waals surface area contributed by atoms with E-state index < -0.39 is 6.04 Å². The highest BCUT2D eigenvalue weighted by molar-refractivity contribution is 7.98. The van der Waals surface area contributed by atoms with Gasteiger partial charge in [0.15, 0.2) is 0 Å². The van der Waals surface area contributed by atoms with Crippen molar-refractivity contribution in [3.63, 3.8) is 0 Å². The van der Waals surface area contributed by atoms with Crippen molar-refractivity contribution in [2.24, 2.45) is 5.73 Å². The lowest BCUT2D eigenvalue weighted by Crippen LogP contribution is -2.42. The van der Waals surface area contributed by atoms with Gasteiger partial charge < -0.3 is 15.8 Å². The minimum absolute atomic E-state index is 0. The number of ether oxygens (including phenoxy) is 1. The highest BCUT2D eigenvalue weighted by atomic mass is 35.5. The van der Waals surface area contributed by atoms with E-state index in [1.54, 1.807) is 11.8 Å². The summed E-state index contributed by atoms with van der Waals surface area (Å²) in [6, 6.07) is 13.7. The molecule has 0 saturated heterocycles. The van der Waals surface area contributed by atoms with Gasteiger partial charge in [0.2, 0.25) is 5.91 Å². The number of amides is 1. The van der Waals surface area contributed by atoms with Crippen LogP contribution >= 0.6 is 24.2 Å². The van der Waals surface area contributed by atoms with Gasteiger partial charge in [0, 0.05) is 0 Å². The maximum absolute atomic E-state index is 11.7. The lowest BCUT2D eigenvalue weighted by molar-refractivity contribution is -0.122. The predicted octanol–water partition coefficient (Wildman–Crippen LogP) is 2.84. The van der Waals surface area contributed by atoms with Gasteiger partial charge in [0.05, 0.1) is 12.6 Å². The van der Waals surface area contributed by atoms with Crippen LogP contribution in [-0.4, -0.2) is 37.1 Å². The Morgan fingerprint density at radius 1 is 1.26 bits per heavy atom. The largest absolute Gasteiger partial charge is 0.492 e. The Morgan fingerprint density at radius 2 is 2.00 bits per heavy atom. The molecular weight excluding hydrogens is 332 g/mol. The first kappa shape index (κ1) is 19.6. The molecule has 0 spiro atoms. The highest BCUT2D eigenvalue weighted by Crippen LogP contribution is 2.20. The Balaban J connectivity index is 0.00000264. The molecule has 2 rings (SSSR count). The van der Waals surface area contributed by atoms with E-state index in [0.29, 0.717) is 19.6 Å². The molecule has 0 bridgehead atoms. The number of rotatable bonds is 8. The first-order valence-electron chi connectivity index (χ1n) is 7.34. The fraction of sp³-hybridized carbons (Fsp3) is 0.353. The normalized spacial score (nSPS) is 11.6. The van der Waals surface area contributed by atoms with E-state index in [4.69, 9.17) is 10.5 Å². The second-order valence-corrected chi connectivity index (χ2v) is 6.02. The van der Waals surface area contributed by atoms with Crippen molar-refractivity contribution in [1.29, 1.82) is 0 Å². The van der Waals surface area contributed by atoms with E-state index in [2.05, 4.69) is 17.4 Å². The highest BCUT2D eigenvalue weighted by Gasteiger charge is 2.11. The summed E-state index contributed by atoms with van der Waals surface area (Å²) in [4.78, 5) is 11.7. The van der Waals surface area contributed by atoms with Crippen LogP contribution in [0.1, 0.15) is 6.42 Å². The number of fused-ring (bicyclic) bond motifs is 1. The van der Waals surface area contributed by atoms with Crippen LogP contribution in [0.15, 0.2) is 42.5 Å². The summed E-state index contributed by atoms with van der Waals surface area (Å²) in [5.41, 5.74) is 5.79. The number of nitrogens with two attached hydrogens (primary N) is 1. The molecule has 0 aliphatic carbocycles. The van der Waals surface area contributed by atoms with Gasteiger partial charge in [-0.2, -0.15) is 11.8 Å². The number of carbonyl (C=O) groups excluding carboxylic acids is 1. The molecule has 4 nitrogen and oxygen atoms in total. The third-order valence-corrected chi connectivity index (χ3v) is 4.00. The Kier molecular flexibility index (Phi) is 8.84. The molecule has 0 fully saturated rings. The lowest BCUT2D eigenvalue weighted by Gasteiger charge is -2.12. The van der Waals surface area contributed by atoms with Crippen LogP contribution < -0.4 is 15.8 Å². The summed E-state index contributed by atoms with van der Waals surface area (Å²) in [6.45, 7) is 0.887. The van der Waals surface area contributed by atoms with E-state index in [9.17, 15) is 4.79 Å². The van der Waals surface area contributed by atoms with Crippen molar-refractivity contribution in [3.8, 4) is 5.75 Å². The van der Waals surface area contributed by atoms with Crippen molar-refractivity contribution in [3.05, 3.63) is 42.5 Å². The van der Waals surface area contributed by atoms with Gasteiger partial charge >= 0.3 is 0 Å². The monoisotopic (exact) mass is 354 g/mol. The zero-order valence-electron chi connectivity index (χ0n) is 13.2. The Morgan fingerprint density at radius 3 is 2.74 bits per heavy atom. The van der Waals surface area contributed by atoms with E-state index in [1.807, 2.05) is 36.6 Å². The molecule has 3 N–H and O–H groups in total. The SMILES string of the molecule is CSCCC(N)C(=O)NCCOc1ccc2ccccc2c1.Cl. The van der Waals surface area contributed by atoms with E-state index in [0.717, 1.165) is 16.9 Å². The molecule has 0 aliphatic heterocycles. The fourth-order valence-electron chi connectivity index (χ4n) is 2.11. The van der Waals surface area contributed by atoms with Gasteiger partial charge in [0.25, 0.3) is 0 Å². The van der Waals surface area contributed by atoms with Crippen molar-refractivity contribution in [2.75, 3.05) is 25.2 Å². The first-order chi connectivity index (χ1) is 10.7. The molecule has 1 atom stereocenters. The molecule has 2 aromatic carbocycles. The molecule has 1 unspecified atom stereocenters. The standard InChI is InChI=1S/C17H22N2O2S.ClH/c1-22-11-8-16(18)17(20)19-9-10-21-15-7-6-13-4-2-3-5-14(13)12-15;/h2-7,12,16H,8-11,18H2,1H3,(H,19,20);1H. The number of thioether (sulfide) groups is 1. The Hall–Kier alpha value is -1.43. The molecule has 23 heavy (non-hydrogen) atoms. The second-order valence-electron chi connectivity index (χ2n) is 5.04. The summed E-state index contributed by atoms with van der Waals surface area (Å²) in [5, 5.41) is 5.13. The van der Waals surface area contributed by atoms with Gasteiger partial charge in [-0.3, -0.25) is 4.79 Å². The number of benzene rings is 2. The molecule has 2 aromatic rings. The molecule has 6 heteroatoms. The van der Waals surface area contributed by atoms with Gasteiger partial charge in [-0.15, -0.1) is 12.4 Å². The maximum Gasteiger partial charge on any atom is 0.237 e.